The van der Waals surface area contributed by atoms with Gasteiger partial charge in [-0.05, 0) is 43.4 Å². The summed E-state index contributed by atoms with van der Waals surface area (Å²) >= 11 is 0. The van der Waals surface area contributed by atoms with E-state index in [4.69, 9.17) is 4.74 Å². The molecular weight excluding hydrogens is 442 g/mol. The fourth-order valence-corrected chi connectivity index (χ4v) is 6.25. The lowest BCUT2D eigenvalue weighted by molar-refractivity contribution is -0.161. The number of carbonyl (C=O) groups excluding carboxylic acids is 1. The summed E-state index contributed by atoms with van der Waals surface area (Å²) in [7, 11) is -2.26. The van der Waals surface area contributed by atoms with Crippen molar-refractivity contribution in [2.75, 3.05) is 4.72 Å². The first kappa shape index (κ1) is 23.4. The zero-order valence-electron chi connectivity index (χ0n) is 19.3. The number of cyclic esters (lactones) is 1. The average molecular weight is 474 g/mol. The number of sulfonamides is 1. The molecule has 0 radical (unpaired) electrons. The Hall–Kier alpha value is -2.81. The summed E-state index contributed by atoms with van der Waals surface area (Å²) in [4.78, 5) is 17.1. The van der Waals surface area contributed by atoms with Crippen molar-refractivity contribution in [1.82, 2.24) is 9.55 Å². The third-order valence-electron chi connectivity index (χ3n) is 6.62. The Morgan fingerprint density at radius 2 is 1.91 bits per heavy atom. The number of aryl methyl sites for hydroxylation is 1. The summed E-state index contributed by atoms with van der Waals surface area (Å²) in [6, 6.07) is 6.98. The molecule has 8 nitrogen and oxygen atoms in total. The number of ether oxygens (including phenoxy) is 1. The summed E-state index contributed by atoms with van der Waals surface area (Å²) < 4.78 is 35.5. The smallest absolute Gasteiger partial charge is 0.338 e. The quantitative estimate of drug-likeness (QED) is 0.524. The van der Waals surface area contributed by atoms with Gasteiger partial charge in [-0.3, -0.25) is 4.72 Å². The van der Waals surface area contributed by atoms with Gasteiger partial charge >= 0.3 is 5.97 Å². The standard InChI is InChI=1S/C24H31N3O5S/c1-4-9-23(10-5-2)16-19(28)20(21(29)32-23)24(11-12-24)17-7-6-8-18(15-17)26-33(30,31)22-25-13-14-27(22)3/h6-8,13-15,26,28H,4-5,9-12,16H2,1-3H3. The lowest BCUT2D eigenvalue weighted by Crippen LogP contribution is -2.42. The molecule has 0 bridgehead atoms. The Kier molecular flexibility index (Phi) is 6.03. The molecule has 2 N–H and O–H groups in total. The molecule has 1 aromatic carbocycles. The van der Waals surface area contributed by atoms with Crippen molar-refractivity contribution in [3.8, 4) is 0 Å². The SMILES string of the molecule is CCCC1(CCC)CC(O)=C(C2(c3cccc(NS(=O)(=O)c4nccn4C)c3)CC2)C(=O)O1. The first-order valence-electron chi connectivity index (χ1n) is 11.4. The highest BCUT2D eigenvalue weighted by molar-refractivity contribution is 7.92. The van der Waals surface area contributed by atoms with Gasteiger partial charge in [-0.15, -0.1) is 0 Å². The van der Waals surface area contributed by atoms with Gasteiger partial charge < -0.3 is 14.4 Å². The van der Waals surface area contributed by atoms with Gasteiger partial charge in [-0.1, -0.05) is 38.8 Å². The minimum Gasteiger partial charge on any atom is -0.512 e. The van der Waals surface area contributed by atoms with Gasteiger partial charge in [0, 0.05) is 37.0 Å². The topological polar surface area (TPSA) is 111 Å². The molecule has 4 rings (SSSR count). The van der Waals surface area contributed by atoms with Crippen molar-refractivity contribution < 1.29 is 23.1 Å². The Morgan fingerprint density at radius 3 is 2.45 bits per heavy atom. The molecule has 0 unspecified atom stereocenters. The van der Waals surface area contributed by atoms with E-state index in [1.807, 2.05) is 19.9 Å². The maximum absolute atomic E-state index is 13.2. The van der Waals surface area contributed by atoms with Gasteiger partial charge in [0.1, 0.15) is 11.4 Å². The monoisotopic (exact) mass is 473 g/mol. The van der Waals surface area contributed by atoms with Gasteiger partial charge in [0.15, 0.2) is 0 Å². The zero-order chi connectivity index (χ0) is 23.9. The number of hydrogen-bond donors (Lipinski definition) is 2. The summed E-state index contributed by atoms with van der Waals surface area (Å²) in [6.45, 7) is 4.09. The molecule has 1 aliphatic carbocycles. The van der Waals surface area contributed by atoms with Crippen LogP contribution in [0.2, 0.25) is 0 Å². The molecule has 0 atom stereocenters. The van der Waals surface area contributed by atoms with Crippen molar-refractivity contribution >= 4 is 21.7 Å². The van der Waals surface area contributed by atoms with Crippen LogP contribution in [0, 0.1) is 0 Å². The maximum atomic E-state index is 13.2. The normalized spacial score (nSPS) is 19.3. The Bertz CT molecular complexity index is 1190. The number of nitrogens with one attached hydrogen (secondary N) is 1. The van der Waals surface area contributed by atoms with Crippen molar-refractivity contribution in [2.24, 2.45) is 7.05 Å². The molecule has 2 aliphatic rings. The number of aromatic nitrogens is 2. The van der Waals surface area contributed by atoms with Gasteiger partial charge in [-0.2, -0.15) is 8.42 Å². The van der Waals surface area contributed by atoms with E-state index in [2.05, 4.69) is 9.71 Å². The Morgan fingerprint density at radius 1 is 1.21 bits per heavy atom. The van der Waals surface area contributed by atoms with E-state index in [1.54, 1.807) is 31.4 Å². The summed E-state index contributed by atoms with van der Waals surface area (Å²) in [5.41, 5.74) is 0.159. The van der Waals surface area contributed by atoms with Crippen molar-refractivity contribution in [1.29, 1.82) is 0 Å². The summed E-state index contributed by atoms with van der Waals surface area (Å²) in [5.74, 6) is -0.359. The molecule has 0 saturated heterocycles. The van der Waals surface area contributed by atoms with Crippen molar-refractivity contribution in [3.05, 3.63) is 53.6 Å². The largest absolute Gasteiger partial charge is 0.512 e. The minimum absolute atomic E-state index is 0.0894. The molecule has 1 saturated carbocycles. The van der Waals surface area contributed by atoms with Gasteiger partial charge in [-0.25, -0.2) is 9.78 Å². The number of anilines is 1. The molecule has 2 heterocycles. The Balaban J connectivity index is 1.65. The number of benzene rings is 1. The van der Waals surface area contributed by atoms with Crippen LogP contribution in [-0.4, -0.2) is 34.6 Å². The third kappa shape index (κ3) is 4.26. The van der Waals surface area contributed by atoms with Crippen LogP contribution in [0.1, 0.15) is 64.4 Å². The van der Waals surface area contributed by atoms with Crippen LogP contribution in [0.15, 0.2) is 53.1 Å². The van der Waals surface area contributed by atoms with Crippen LogP contribution in [0.5, 0.6) is 0 Å². The number of hydrogen-bond acceptors (Lipinski definition) is 6. The van der Waals surface area contributed by atoms with Crippen LogP contribution >= 0.6 is 0 Å². The number of esters is 1. The minimum atomic E-state index is -3.87. The number of nitrogens with zero attached hydrogens (tertiary/aromatic N) is 2. The first-order valence-corrected chi connectivity index (χ1v) is 12.9. The van der Waals surface area contributed by atoms with E-state index in [-0.39, 0.29) is 10.9 Å². The second-order valence-corrected chi connectivity index (χ2v) is 10.7. The second kappa shape index (κ2) is 8.52. The molecule has 1 fully saturated rings. The predicted molar refractivity (Wildman–Crippen MR) is 124 cm³/mol. The van der Waals surface area contributed by atoms with E-state index in [1.165, 1.54) is 10.8 Å². The molecule has 1 aliphatic heterocycles. The van der Waals surface area contributed by atoms with E-state index in [0.29, 0.717) is 43.4 Å². The number of aliphatic hydroxyl groups excluding tert-OH is 1. The fourth-order valence-electron chi connectivity index (χ4n) is 5.08. The molecule has 0 spiro atoms. The van der Waals surface area contributed by atoms with Crippen LogP contribution in [0.25, 0.3) is 0 Å². The van der Waals surface area contributed by atoms with Gasteiger partial charge in [0.25, 0.3) is 10.0 Å². The van der Waals surface area contributed by atoms with E-state index < -0.39 is 27.0 Å². The van der Waals surface area contributed by atoms with Crippen LogP contribution in [0.4, 0.5) is 5.69 Å². The lowest BCUT2D eigenvalue weighted by Gasteiger charge is -2.38. The molecule has 9 heteroatoms. The highest BCUT2D eigenvalue weighted by Gasteiger charge is 2.55. The maximum Gasteiger partial charge on any atom is 0.338 e. The summed E-state index contributed by atoms with van der Waals surface area (Å²) in [5, 5.41) is 10.9. The number of carbonyl (C=O) groups is 1. The van der Waals surface area contributed by atoms with E-state index in [9.17, 15) is 18.3 Å². The lowest BCUT2D eigenvalue weighted by atomic mass is 9.79. The zero-order valence-corrected chi connectivity index (χ0v) is 20.1. The van der Waals surface area contributed by atoms with Gasteiger partial charge in [0.2, 0.25) is 5.16 Å². The van der Waals surface area contributed by atoms with E-state index >= 15 is 0 Å². The van der Waals surface area contributed by atoms with Crippen LogP contribution in [0.3, 0.4) is 0 Å². The molecule has 0 amide bonds. The molecule has 178 valence electrons. The first-order chi connectivity index (χ1) is 15.7. The van der Waals surface area contributed by atoms with E-state index in [0.717, 1.165) is 18.4 Å². The number of aliphatic hydroxyl groups is 1. The number of imidazole rings is 1. The molecule has 1 aromatic heterocycles. The Labute approximate surface area is 194 Å². The second-order valence-electron chi connectivity index (χ2n) is 9.16. The molecular formula is C24H31N3O5S. The number of rotatable bonds is 9. The molecule has 2 aromatic rings. The van der Waals surface area contributed by atoms with Crippen LogP contribution in [-0.2, 0) is 32.0 Å². The third-order valence-corrected chi connectivity index (χ3v) is 7.99. The molecule has 33 heavy (non-hydrogen) atoms. The fraction of sp³-hybridized carbons (Fsp3) is 0.500. The highest BCUT2D eigenvalue weighted by Crippen LogP contribution is 2.57. The van der Waals surface area contributed by atoms with Crippen molar-refractivity contribution in [3.63, 3.8) is 0 Å². The predicted octanol–water partition coefficient (Wildman–Crippen LogP) is 4.35. The van der Waals surface area contributed by atoms with Gasteiger partial charge in [0.05, 0.1) is 5.57 Å². The highest BCUT2D eigenvalue weighted by atomic mass is 32.2. The average Bonchev–Trinajstić information content (AvgIpc) is 3.40. The van der Waals surface area contributed by atoms with Crippen molar-refractivity contribution in [2.45, 2.75) is 75.0 Å². The summed E-state index contributed by atoms with van der Waals surface area (Å²) in [6.07, 6.45) is 7.82. The van der Waals surface area contributed by atoms with Crippen LogP contribution < -0.4 is 4.72 Å².